The van der Waals surface area contributed by atoms with Crippen LogP contribution in [-0.2, 0) is 25.6 Å². The largest absolute Gasteiger partial charge is 0.457 e. The van der Waals surface area contributed by atoms with E-state index in [-0.39, 0.29) is 6.61 Å². The molecule has 0 amide bonds. The molecule has 1 saturated heterocycles. The van der Waals surface area contributed by atoms with Crippen molar-refractivity contribution in [2.75, 3.05) is 0 Å². The van der Waals surface area contributed by atoms with Crippen LogP contribution in [0.2, 0.25) is 0 Å². The van der Waals surface area contributed by atoms with E-state index in [1.54, 1.807) is 6.92 Å². The average molecular weight is 296 g/mol. The van der Waals surface area contributed by atoms with Gasteiger partial charge < -0.3 is 24.4 Å². The fraction of sp³-hybridized carbons (Fsp3) is 0.533. The van der Waals surface area contributed by atoms with Crippen LogP contribution in [0.1, 0.15) is 19.4 Å². The molecule has 2 rings (SSSR count). The second-order valence-corrected chi connectivity index (χ2v) is 5.06. The van der Waals surface area contributed by atoms with Gasteiger partial charge in [-0.25, -0.2) is 0 Å². The number of hydrogen-bond acceptors (Lipinski definition) is 6. The summed E-state index contributed by atoms with van der Waals surface area (Å²) in [6.45, 7) is 3.09. The maximum atomic E-state index is 11.1. The molecule has 116 valence electrons. The zero-order valence-corrected chi connectivity index (χ0v) is 12.0. The molecule has 0 radical (unpaired) electrons. The lowest BCUT2D eigenvalue weighted by Crippen LogP contribution is -2.58. The van der Waals surface area contributed by atoms with Crippen LogP contribution in [0, 0.1) is 0 Å². The lowest BCUT2D eigenvalue weighted by Gasteiger charge is -2.40. The van der Waals surface area contributed by atoms with E-state index < -0.39 is 36.7 Å². The summed E-state index contributed by atoms with van der Waals surface area (Å²) in [7, 11) is 0. The molecule has 0 spiro atoms. The highest BCUT2D eigenvalue weighted by atomic mass is 16.7. The Balaban J connectivity index is 2.01. The highest BCUT2D eigenvalue weighted by Crippen LogP contribution is 2.25. The van der Waals surface area contributed by atoms with Gasteiger partial charge in [-0.05, 0) is 12.5 Å². The molecule has 0 unspecified atom stereocenters. The Kier molecular flexibility index (Phi) is 5.30. The zero-order chi connectivity index (χ0) is 15.4. The molecule has 0 aliphatic carbocycles. The third-order valence-corrected chi connectivity index (χ3v) is 3.36. The molecule has 0 aromatic heterocycles. The Morgan fingerprint density at radius 2 is 1.90 bits per heavy atom. The summed E-state index contributed by atoms with van der Waals surface area (Å²) in [5.41, 5.74) is 0.902. The van der Waals surface area contributed by atoms with Crippen LogP contribution in [0.15, 0.2) is 30.3 Å². The maximum absolute atomic E-state index is 11.1. The third kappa shape index (κ3) is 4.01. The number of rotatable bonds is 4. The summed E-state index contributed by atoms with van der Waals surface area (Å²) < 4.78 is 15.8. The second kappa shape index (κ2) is 7.00. The first-order valence-corrected chi connectivity index (χ1v) is 6.83. The van der Waals surface area contributed by atoms with E-state index in [1.165, 1.54) is 6.92 Å². The van der Waals surface area contributed by atoms with Gasteiger partial charge in [0.2, 0.25) is 0 Å². The van der Waals surface area contributed by atoms with E-state index in [2.05, 4.69) is 0 Å². The van der Waals surface area contributed by atoms with Crippen LogP contribution in [0.25, 0.3) is 0 Å². The Labute approximate surface area is 123 Å². The normalized spacial score (nSPS) is 32.7. The summed E-state index contributed by atoms with van der Waals surface area (Å²) in [5.74, 6) is -0.521. The van der Waals surface area contributed by atoms with Gasteiger partial charge in [0.05, 0.1) is 12.7 Å². The number of esters is 1. The summed E-state index contributed by atoms with van der Waals surface area (Å²) >= 11 is 0. The summed E-state index contributed by atoms with van der Waals surface area (Å²) in [6, 6.07) is 9.36. The first-order chi connectivity index (χ1) is 9.99. The first kappa shape index (κ1) is 15.9. The van der Waals surface area contributed by atoms with E-state index in [4.69, 9.17) is 14.2 Å². The zero-order valence-electron chi connectivity index (χ0n) is 12.0. The monoisotopic (exact) mass is 296 g/mol. The van der Waals surface area contributed by atoms with Crippen LogP contribution in [0.3, 0.4) is 0 Å². The molecule has 1 aliphatic rings. The first-order valence-electron chi connectivity index (χ1n) is 6.83. The lowest BCUT2D eigenvalue weighted by molar-refractivity contribution is -0.293. The van der Waals surface area contributed by atoms with E-state index in [9.17, 15) is 15.0 Å². The number of aliphatic hydroxyl groups excluding tert-OH is 2. The number of benzene rings is 1. The Bertz CT molecular complexity index is 462. The van der Waals surface area contributed by atoms with Crippen molar-refractivity contribution >= 4 is 5.97 Å². The van der Waals surface area contributed by atoms with Crippen molar-refractivity contribution in [2.45, 2.75) is 51.2 Å². The van der Waals surface area contributed by atoms with Gasteiger partial charge in [-0.2, -0.15) is 0 Å². The minimum Gasteiger partial charge on any atom is -0.457 e. The lowest BCUT2D eigenvalue weighted by atomic mass is 9.99. The highest BCUT2D eigenvalue weighted by Gasteiger charge is 2.45. The smallest absolute Gasteiger partial charge is 0.303 e. The minimum absolute atomic E-state index is 0.212. The molecular formula is C15H20O6. The standard InChI is InChI=1S/C15H20O6/c1-9-13(21-10(2)16)12(17)14(15(18)20-9)19-8-11-6-4-3-5-7-11/h3-7,9,12-15,17-18H,8H2,1-2H3/t9-,12+,13+,14-,15+/m0/s1. The molecule has 1 fully saturated rings. The van der Waals surface area contributed by atoms with Crippen LogP contribution >= 0.6 is 0 Å². The van der Waals surface area contributed by atoms with Crippen LogP contribution < -0.4 is 0 Å². The number of carbonyl (C=O) groups excluding carboxylic acids is 1. The summed E-state index contributed by atoms with van der Waals surface area (Å²) in [5, 5.41) is 20.1. The van der Waals surface area contributed by atoms with Gasteiger partial charge in [0, 0.05) is 6.92 Å². The molecular weight excluding hydrogens is 276 g/mol. The van der Waals surface area contributed by atoms with E-state index in [0.717, 1.165) is 5.56 Å². The molecule has 1 heterocycles. The highest BCUT2D eigenvalue weighted by molar-refractivity contribution is 5.66. The molecule has 6 heteroatoms. The van der Waals surface area contributed by atoms with E-state index in [1.807, 2.05) is 30.3 Å². The maximum Gasteiger partial charge on any atom is 0.303 e. The van der Waals surface area contributed by atoms with Crippen LogP contribution in [0.4, 0.5) is 0 Å². The minimum atomic E-state index is -1.27. The van der Waals surface area contributed by atoms with Crippen molar-refractivity contribution < 1.29 is 29.2 Å². The Morgan fingerprint density at radius 3 is 2.52 bits per heavy atom. The van der Waals surface area contributed by atoms with Crippen LogP contribution in [0.5, 0.6) is 0 Å². The summed E-state index contributed by atoms with van der Waals surface area (Å²) in [4.78, 5) is 11.1. The Morgan fingerprint density at radius 1 is 1.24 bits per heavy atom. The number of hydrogen-bond donors (Lipinski definition) is 2. The summed E-state index contributed by atoms with van der Waals surface area (Å²) in [6.07, 6.45) is -4.89. The van der Waals surface area contributed by atoms with Gasteiger partial charge in [0.15, 0.2) is 12.4 Å². The number of aliphatic hydroxyl groups is 2. The topological polar surface area (TPSA) is 85.2 Å². The molecule has 5 atom stereocenters. The van der Waals surface area contributed by atoms with Crippen molar-refractivity contribution in [3.05, 3.63) is 35.9 Å². The van der Waals surface area contributed by atoms with Gasteiger partial charge in [0.1, 0.15) is 12.2 Å². The molecule has 2 N–H and O–H groups in total. The van der Waals surface area contributed by atoms with Crippen molar-refractivity contribution in [1.29, 1.82) is 0 Å². The third-order valence-electron chi connectivity index (χ3n) is 3.36. The van der Waals surface area contributed by atoms with Gasteiger partial charge in [-0.15, -0.1) is 0 Å². The fourth-order valence-electron chi connectivity index (χ4n) is 2.31. The molecule has 1 aliphatic heterocycles. The van der Waals surface area contributed by atoms with Gasteiger partial charge in [0.25, 0.3) is 0 Å². The molecule has 6 nitrogen and oxygen atoms in total. The quantitative estimate of drug-likeness (QED) is 0.792. The van der Waals surface area contributed by atoms with Gasteiger partial charge in [-0.3, -0.25) is 4.79 Å². The molecule has 21 heavy (non-hydrogen) atoms. The van der Waals surface area contributed by atoms with Crippen molar-refractivity contribution in [1.82, 2.24) is 0 Å². The SMILES string of the molecule is CC(=O)O[C@H]1[C@@H](O)[C@H](OCc2ccccc2)[C@H](O)O[C@H]1C. The number of carbonyl (C=O) groups is 1. The molecule has 1 aromatic rings. The molecule has 0 saturated carbocycles. The van der Waals surface area contributed by atoms with E-state index >= 15 is 0 Å². The predicted molar refractivity (Wildman–Crippen MR) is 73.1 cm³/mol. The van der Waals surface area contributed by atoms with Crippen molar-refractivity contribution in [3.8, 4) is 0 Å². The van der Waals surface area contributed by atoms with E-state index in [0.29, 0.717) is 0 Å². The van der Waals surface area contributed by atoms with Crippen molar-refractivity contribution in [2.24, 2.45) is 0 Å². The molecule has 0 bridgehead atoms. The number of ether oxygens (including phenoxy) is 3. The van der Waals surface area contributed by atoms with Gasteiger partial charge in [-0.1, -0.05) is 30.3 Å². The predicted octanol–water partition coefficient (Wildman–Crippen LogP) is 0.601. The van der Waals surface area contributed by atoms with Crippen molar-refractivity contribution in [3.63, 3.8) is 0 Å². The van der Waals surface area contributed by atoms with Gasteiger partial charge >= 0.3 is 5.97 Å². The van der Waals surface area contributed by atoms with Crippen LogP contribution in [-0.4, -0.2) is 46.9 Å². The fourth-order valence-corrected chi connectivity index (χ4v) is 2.31. The Hall–Kier alpha value is -1.47. The second-order valence-electron chi connectivity index (χ2n) is 5.06. The molecule has 1 aromatic carbocycles. The average Bonchev–Trinajstić information content (AvgIpc) is 2.44.